The van der Waals surface area contributed by atoms with Gasteiger partial charge in [0.1, 0.15) is 36.9 Å². The summed E-state index contributed by atoms with van der Waals surface area (Å²) >= 11 is 0. The van der Waals surface area contributed by atoms with Gasteiger partial charge < -0.3 is 49.3 Å². The fraction of sp³-hybridized carbons (Fsp3) is 0.286. The molecule has 0 heterocycles. The van der Waals surface area contributed by atoms with Gasteiger partial charge in [-0.25, -0.2) is 19.2 Å². The summed E-state index contributed by atoms with van der Waals surface area (Å²) in [6.07, 6.45) is -1.92. The van der Waals surface area contributed by atoms with Crippen molar-refractivity contribution in [2.75, 3.05) is 89.1 Å². The van der Waals surface area contributed by atoms with E-state index in [2.05, 4.69) is 50.8 Å². The molecule has 0 saturated carbocycles. The van der Waals surface area contributed by atoms with Gasteiger partial charge in [-0.2, -0.15) is 8.42 Å². The van der Waals surface area contributed by atoms with Crippen molar-refractivity contribution in [3.63, 3.8) is 0 Å². The number of aliphatic hydroxyl groups excluding tert-OH is 2. The van der Waals surface area contributed by atoms with Crippen LogP contribution in [0.1, 0.15) is 46.9 Å². The number of anilines is 4. The van der Waals surface area contributed by atoms with Gasteiger partial charge in [-0.3, -0.25) is 30.4 Å². The molecule has 6 aromatic carbocycles. The number of para-hydroxylation sites is 2. The van der Waals surface area contributed by atoms with Gasteiger partial charge in [0.2, 0.25) is 0 Å². The van der Waals surface area contributed by atoms with E-state index in [1.165, 1.54) is 28.4 Å². The van der Waals surface area contributed by atoms with Gasteiger partial charge in [-0.1, -0.05) is 84.9 Å². The van der Waals surface area contributed by atoms with Gasteiger partial charge in [0.25, 0.3) is 0 Å². The van der Waals surface area contributed by atoms with Crippen molar-refractivity contribution in [2.24, 2.45) is 0 Å². The summed E-state index contributed by atoms with van der Waals surface area (Å²) < 4.78 is 61.4. The Kier molecular flexibility index (Phi) is 27.6. The molecule has 424 valence electrons. The lowest BCUT2D eigenvalue weighted by atomic mass is 9.88. The van der Waals surface area contributed by atoms with Crippen LogP contribution in [0.25, 0.3) is 0 Å². The fourth-order valence-corrected chi connectivity index (χ4v) is 7.49. The molecule has 0 aliphatic carbocycles. The van der Waals surface area contributed by atoms with Crippen LogP contribution in [-0.4, -0.2) is 132 Å². The van der Waals surface area contributed by atoms with Crippen molar-refractivity contribution < 1.29 is 75.3 Å². The largest absolute Gasteiger partial charge is 0.491 e. The van der Waals surface area contributed by atoms with Crippen molar-refractivity contribution in [1.82, 2.24) is 10.6 Å². The first-order valence-corrected chi connectivity index (χ1v) is 26.0. The topological polar surface area (TPSA) is 311 Å². The SMILES string of the molecule is COC(=O)Nc1ccc(C(CCNCC(O)COc2ccccc2)c2ccc(NC(=O)OC)cc2)cc1.COC(=O)Nc1ccc(C(CCNC[C@H](O)COc2ccccc2)c2ccc(NC(=O)OC)cc2)cc1.O=S(=O)(O)O. The first-order chi connectivity index (χ1) is 38.0. The predicted molar refractivity (Wildman–Crippen MR) is 299 cm³/mol. The van der Waals surface area contributed by atoms with Gasteiger partial charge in [0.15, 0.2) is 0 Å². The number of amides is 4. The van der Waals surface area contributed by atoms with E-state index in [0.717, 1.165) is 46.6 Å². The molecule has 0 aliphatic rings. The zero-order valence-corrected chi connectivity index (χ0v) is 44.9. The van der Waals surface area contributed by atoms with Crippen LogP contribution >= 0.6 is 0 Å². The smallest absolute Gasteiger partial charge is 0.411 e. The second kappa shape index (κ2) is 34.5. The second-order valence-corrected chi connectivity index (χ2v) is 17.9. The number of benzene rings is 6. The highest BCUT2D eigenvalue weighted by Crippen LogP contribution is 2.31. The number of methoxy groups -OCH3 is 4. The highest BCUT2D eigenvalue weighted by molar-refractivity contribution is 7.79. The molecule has 0 aliphatic heterocycles. The fourth-order valence-electron chi connectivity index (χ4n) is 7.49. The van der Waals surface area contributed by atoms with Gasteiger partial charge in [-0.15, -0.1) is 0 Å². The van der Waals surface area contributed by atoms with Crippen LogP contribution in [0.3, 0.4) is 0 Å². The normalized spacial score (nSPS) is 11.5. The van der Waals surface area contributed by atoms with Gasteiger partial charge in [-0.05, 0) is 121 Å². The maximum absolute atomic E-state index is 11.5. The first kappa shape index (κ1) is 63.2. The highest BCUT2D eigenvalue weighted by atomic mass is 32.3. The zero-order valence-electron chi connectivity index (χ0n) is 44.1. The van der Waals surface area contributed by atoms with Crippen molar-refractivity contribution in [3.8, 4) is 11.5 Å². The number of nitrogens with one attached hydrogen (secondary N) is 6. The summed E-state index contributed by atoms with van der Waals surface area (Å²) in [5.74, 6) is 1.50. The molecule has 0 spiro atoms. The Bertz CT molecular complexity index is 2520. The second-order valence-electron chi connectivity index (χ2n) is 17.0. The maximum Gasteiger partial charge on any atom is 0.411 e. The lowest BCUT2D eigenvalue weighted by Crippen LogP contribution is -2.32. The summed E-state index contributed by atoms with van der Waals surface area (Å²) in [6.45, 7) is 2.48. The van der Waals surface area contributed by atoms with E-state index in [4.69, 9.17) is 27.0 Å². The minimum absolute atomic E-state index is 0.0320. The van der Waals surface area contributed by atoms with Crippen molar-refractivity contribution in [3.05, 3.63) is 180 Å². The Morgan fingerprint density at radius 1 is 0.418 bits per heavy atom. The van der Waals surface area contributed by atoms with Crippen LogP contribution < -0.4 is 41.4 Å². The van der Waals surface area contributed by atoms with E-state index in [1.54, 1.807) is 0 Å². The number of hydrogen-bond acceptors (Lipinski definition) is 16. The standard InChI is InChI=1S/2C28H33N3O6.H2O4S/c2*1-35-27(33)30-22-12-8-20(9-13-22)26(21-10-14-23(15-11-21)31-28(34)36-2)16-17-29-18-24(32)19-37-25-6-4-3-5-7-25;1-5(2,3)4/h2*3-15,24,26,29,32H,16-19H2,1-2H3,(H,30,33)(H,31,34);(H2,1,2,3,4)/t24-;;/m0../s1. The molecule has 4 amide bonds. The summed E-state index contributed by atoms with van der Waals surface area (Å²) in [5, 5.41) is 37.8. The highest BCUT2D eigenvalue weighted by Gasteiger charge is 2.18. The van der Waals surface area contributed by atoms with E-state index < -0.39 is 47.0 Å². The number of carbonyl (C=O) groups is 4. The first-order valence-electron chi connectivity index (χ1n) is 24.6. The summed E-state index contributed by atoms with van der Waals surface area (Å²) in [6, 6.07) is 49.0. The third kappa shape index (κ3) is 25.6. The molecule has 0 saturated heterocycles. The minimum atomic E-state index is -4.67. The van der Waals surface area contributed by atoms with E-state index in [0.29, 0.717) is 48.9 Å². The number of hydrogen-bond donors (Lipinski definition) is 10. The molecular formula is C56H68N6O16S. The van der Waals surface area contributed by atoms with E-state index >= 15 is 0 Å². The third-order valence-corrected chi connectivity index (χ3v) is 11.3. The van der Waals surface area contributed by atoms with Gasteiger partial charge >= 0.3 is 34.8 Å². The van der Waals surface area contributed by atoms with Crippen LogP contribution in [0.15, 0.2) is 158 Å². The Balaban J connectivity index is 0.000000313. The lowest BCUT2D eigenvalue weighted by Gasteiger charge is -2.20. The Morgan fingerprint density at radius 3 is 0.886 bits per heavy atom. The zero-order chi connectivity index (χ0) is 57.4. The molecule has 22 nitrogen and oxygen atoms in total. The number of aliphatic hydroxyl groups is 2. The van der Waals surface area contributed by atoms with E-state index in [-0.39, 0.29) is 25.0 Å². The minimum Gasteiger partial charge on any atom is -0.491 e. The molecule has 23 heteroatoms. The Hall–Kier alpha value is -8.29. The van der Waals surface area contributed by atoms with Crippen LogP contribution in [-0.2, 0) is 29.3 Å². The molecule has 2 atom stereocenters. The molecule has 0 fully saturated rings. The molecule has 79 heavy (non-hydrogen) atoms. The molecule has 0 bridgehead atoms. The van der Waals surface area contributed by atoms with Gasteiger partial charge in [0.05, 0.1) is 28.4 Å². The molecule has 10 N–H and O–H groups in total. The van der Waals surface area contributed by atoms with Gasteiger partial charge in [0, 0.05) is 47.7 Å². The Labute approximate surface area is 459 Å². The van der Waals surface area contributed by atoms with E-state index in [9.17, 15) is 29.4 Å². The van der Waals surface area contributed by atoms with E-state index in [1.807, 2.05) is 158 Å². The maximum atomic E-state index is 11.5. The monoisotopic (exact) mass is 1110 g/mol. The molecular weight excluding hydrogens is 1040 g/mol. The number of carbonyl (C=O) groups excluding carboxylic acids is 4. The molecule has 6 rings (SSSR count). The molecule has 0 radical (unpaired) electrons. The summed E-state index contributed by atoms with van der Waals surface area (Å²) in [4.78, 5) is 46.0. The third-order valence-electron chi connectivity index (χ3n) is 11.3. The van der Waals surface area contributed by atoms with Crippen molar-refractivity contribution >= 4 is 57.5 Å². The van der Waals surface area contributed by atoms with Crippen LogP contribution in [0, 0.1) is 0 Å². The van der Waals surface area contributed by atoms with Crippen LogP contribution in [0.5, 0.6) is 11.5 Å². The van der Waals surface area contributed by atoms with Crippen molar-refractivity contribution in [2.45, 2.75) is 36.9 Å². The molecule has 6 aromatic rings. The predicted octanol–water partition coefficient (Wildman–Crippen LogP) is 8.54. The average molecular weight is 1110 g/mol. The quantitative estimate of drug-likeness (QED) is 0.0154. The number of ether oxygens (including phenoxy) is 6. The van der Waals surface area contributed by atoms with Crippen molar-refractivity contribution in [1.29, 1.82) is 0 Å². The molecule has 0 aromatic heterocycles. The molecule has 1 unspecified atom stereocenters. The van der Waals surface area contributed by atoms with Crippen LogP contribution in [0.2, 0.25) is 0 Å². The van der Waals surface area contributed by atoms with Crippen LogP contribution in [0.4, 0.5) is 41.9 Å². The average Bonchev–Trinajstić information content (AvgIpc) is 3.46. The lowest BCUT2D eigenvalue weighted by molar-refractivity contribution is 0.106. The number of rotatable bonds is 24. The summed E-state index contributed by atoms with van der Waals surface area (Å²) in [5.41, 5.74) is 6.74. The summed E-state index contributed by atoms with van der Waals surface area (Å²) in [7, 11) is 0.596. The Morgan fingerprint density at radius 2 is 0.658 bits per heavy atom.